The van der Waals surface area contributed by atoms with Gasteiger partial charge in [-0.1, -0.05) is 39.0 Å². The summed E-state index contributed by atoms with van der Waals surface area (Å²) in [7, 11) is 1.72. The van der Waals surface area contributed by atoms with Crippen molar-refractivity contribution in [1.82, 2.24) is 9.55 Å². The monoisotopic (exact) mass is 287 g/mol. The van der Waals surface area contributed by atoms with Crippen LogP contribution in [-0.4, -0.2) is 23.3 Å². The van der Waals surface area contributed by atoms with Crippen LogP contribution in [0, 0.1) is 0 Å². The lowest BCUT2D eigenvalue weighted by Gasteiger charge is -2.24. The van der Waals surface area contributed by atoms with E-state index in [1.165, 1.54) is 5.56 Å². The molecule has 0 saturated carbocycles. The Kier molecular flexibility index (Phi) is 4.68. The van der Waals surface area contributed by atoms with Crippen molar-refractivity contribution in [2.75, 3.05) is 19.0 Å². The van der Waals surface area contributed by atoms with E-state index in [0.717, 1.165) is 11.6 Å². The Hall–Kier alpha value is -1.81. The van der Waals surface area contributed by atoms with Gasteiger partial charge in [0, 0.05) is 25.2 Å². The first-order valence-electron chi connectivity index (χ1n) is 7.32. The third-order valence-corrected chi connectivity index (χ3v) is 3.53. The van der Waals surface area contributed by atoms with Gasteiger partial charge in [-0.2, -0.15) is 0 Å². The Morgan fingerprint density at radius 1 is 1.29 bits per heavy atom. The summed E-state index contributed by atoms with van der Waals surface area (Å²) in [5.74, 6) is 0.844. The van der Waals surface area contributed by atoms with Crippen molar-refractivity contribution in [2.45, 2.75) is 39.2 Å². The molecular weight excluding hydrogens is 262 g/mol. The quantitative estimate of drug-likeness (QED) is 0.898. The average molecular weight is 287 g/mol. The lowest BCUT2D eigenvalue weighted by Crippen LogP contribution is -2.16. The van der Waals surface area contributed by atoms with Gasteiger partial charge in [-0.15, -0.1) is 0 Å². The van der Waals surface area contributed by atoms with Crippen LogP contribution in [0.25, 0.3) is 0 Å². The van der Waals surface area contributed by atoms with Gasteiger partial charge >= 0.3 is 0 Å². The summed E-state index contributed by atoms with van der Waals surface area (Å²) >= 11 is 0. The van der Waals surface area contributed by atoms with Gasteiger partial charge in [-0.05, 0) is 24.0 Å². The molecule has 21 heavy (non-hydrogen) atoms. The van der Waals surface area contributed by atoms with Crippen LogP contribution < -0.4 is 5.32 Å². The summed E-state index contributed by atoms with van der Waals surface area (Å²) in [6, 6.07) is 8.62. The third-order valence-electron chi connectivity index (χ3n) is 3.53. The summed E-state index contributed by atoms with van der Waals surface area (Å²) in [4.78, 5) is 4.43. The van der Waals surface area contributed by atoms with E-state index in [-0.39, 0.29) is 11.5 Å². The second-order valence-electron chi connectivity index (χ2n) is 6.38. The molecule has 0 aliphatic rings. The van der Waals surface area contributed by atoms with Gasteiger partial charge in [-0.25, -0.2) is 4.98 Å². The Morgan fingerprint density at radius 2 is 2.00 bits per heavy atom. The molecule has 1 atom stereocenters. The second kappa shape index (κ2) is 6.31. The molecule has 0 saturated heterocycles. The first kappa shape index (κ1) is 15.6. The number of para-hydroxylation sites is 1. The number of nitrogens with one attached hydrogen (secondary N) is 1. The molecular formula is C17H25N3O. The summed E-state index contributed by atoms with van der Waals surface area (Å²) in [6.45, 7) is 9.42. The zero-order chi connectivity index (χ0) is 15.5. The molecule has 0 radical (unpaired) electrons. The molecule has 0 bridgehead atoms. The van der Waals surface area contributed by atoms with Crippen molar-refractivity contribution < 1.29 is 4.74 Å². The molecule has 0 spiro atoms. The molecule has 114 valence electrons. The number of benzene rings is 1. The van der Waals surface area contributed by atoms with Crippen molar-refractivity contribution in [2.24, 2.45) is 0 Å². The molecule has 4 heteroatoms. The van der Waals surface area contributed by atoms with Crippen LogP contribution in [0.2, 0.25) is 0 Å². The van der Waals surface area contributed by atoms with Gasteiger partial charge in [0.25, 0.3) is 0 Å². The Labute approximate surface area is 127 Å². The molecule has 2 aromatic rings. The van der Waals surface area contributed by atoms with E-state index in [1.54, 1.807) is 7.11 Å². The van der Waals surface area contributed by atoms with Crippen LogP contribution in [0.5, 0.6) is 0 Å². The largest absolute Gasteiger partial charge is 0.383 e. The van der Waals surface area contributed by atoms with E-state index in [9.17, 15) is 0 Å². The number of hydrogen-bond donors (Lipinski definition) is 1. The van der Waals surface area contributed by atoms with Gasteiger partial charge < -0.3 is 14.6 Å². The topological polar surface area (TPSA) is 39.1 Å². The zero-order valence-corrected chi connectivity index (χ0v) is 13.6. The lowest BCUT2D eigenvalue weighted by atomic mass is 9.86. The molecule has 1 heterocycles. The van der Waals surface area contributed by atoms with E-state index >= 15 is 0 Å². The van der Waals surface area contributed by atoms with Crippen molar-refractivity contribution >= 4 is 11.6 Å². The highest BCUT2D eigenvalue weighted by atomic mass is 16.5. The Bertz CT molecular complexity index is 584. The normalized spacial score (nSPS) is 13.2. The van der Waals surface area contributed by atoms with E-state index in [4.69, 9.17) is 4.74 Å². The Morgan fingerprint density at radius 3 is 2.67 bits per heavy atom. The van der Waals surface area contributed by atoms with Crippen molar-refractivity contribution in [3.05, 3.63) is 42.2 Å². The van der Waals surface area contributed by atoms with Crippen molar-refractivity contribution in [3.63, 3.8) is 0 Å². The molecule has 2 rings (SSSR count). The molecule has 0 amide bonds. The van der Waals surface area contributed by atoms with E-state index in [2.05, 4.69) is 60.8 Å². The number of rotatable bonds is 5. The molecule has 0 aliphatic carbocycles. The van der Waals surface area contributed by atoms with Gasteiger partial charge in [0.15, 0.2) is 0 Å². The number of methoxy groups -OCH3 is 1. The maximum absolute atomic E-state index is 5.23. The minimum absolute atomic E-state index is 0.0825. The second-order valence-corrected chi connectivity index (χ2v) is 6.38. The first-order valence-corrected chi connectivity index (χ1v) is 7.32. The average Bonchev–Trinajstić information content (AvgIpc) is 2.86. The summed E-state index contributed by atoms with van der Waals surface area (Å²) in [5, 5.41) is 3.46. The molecule has 1 aromatic carbocycles. The molecule has 4 nitrogen and oxygen atoms in total. The van der Waals surface area contributed by atoms with Crippen molar-refractivity contribution in [1.29, 1.82) is 0 Å². The van der Waals surface area contributed by atoms with Crippen molar-refractivity contribution in [3.8, 4) is 0 Å². The van der Waals surface area contributed by atoms with Crippen LogP contribution in [0.15, 0.2) is 36.7 Å². The molecule has 0 aliphatic heterocycles. The highest BCUT2D eigenvalue weighted by Gasteiger charge is 2.18. The number of hydrogen-bond acceptors (Lipinski definition) is 3. The summed E-state index contributed by atoms with van der Waals surface area (Å²) in [5.41, 5.74) is 2.46. The van der Waals surface area contributed by atoms with Gasteiger partial charge in [-0.3, -0.25) is 0 Å². The molecule has 1 aromatic heterocycles. The lowest BCUT2D eigenvalue weighted by molar-refractivity contribution is 0.163. The molecule has 1 unspecified atom stereocenters. The smallest absolute Gasteiger partial charge is 0.207 e. The van der Waals surface area contributed by atoms with Gasteiger partial charge in [0.1, 0.15) is 0 Å². The number of ether oxygens (including phenoxy) is 1. The van der Waals surface area contributed by atoms with Crippen LogP contribution in [-0.2, 0) is 10.2 Å². The van der Waals surface area contributed by atoms with Crippen LogP contribution in [0.3, 0.4) is 0 Å². The SMILES string of the molecule is COCC(C)n1ccnc1Nc1ccccc1C(C)(C)C. The summed E-state index contributed by atoms with van der Waals surface area (Å²) < 4.78 is 7.33. The minimum Gasteiger partial charge on any atom is -0.383 e. The highest BCUT2D eigenvalue weighted by molar-refractivity contribution is 5.60. The number of anilines is 2. The van der Waals surface area contributed by atoms with E-state index < -0.39 is 0 Å². The number of aromatic nitrogens is 2. The minimum atomic E-state index is 0.0825. The van der Waals surface area contributed by atoms with Crippen LogP contribution in [0.1, 0.15) is 39.3 Å². The fourth-order valence-electron chi connectivity index (χ4n) is 2.45. The maximum Gasteiger partial charge on any atom is 0.207 e. The first-order chi connectivity index (χ1) is 9.93. The van der Waals surface area contributed by atoms with Gasteiger partial charge in [0.05, 0.1) is 12.6 Å². The molecule has 1 N–H and O–H groups in total. The van der Waals surface area contributed by atoms with Crippen LogP contribution in [0.4, 0.5) is 11.6 Å². The van der Waals surface area contributed by atoms with E-state index in [1.807, 2.05) is 18.5 Å². The predicted octanol–water partition coefficient (Wildman–Crippen LogP) is 4.13. The molecule has 0 fully saturated rings. The number of imidazole rings is 1. The van der Waals surface area contributed by atoms with Crippen LogP contribution >= 0.6 is 0 Å². The fraction of sp³-hybridized carbons (Fsp3) is 0.471. The zero-order valence-electron chi connectivity index (χ0n) is 13.6. The Balaban J connectivity index is 2.30. The predicted molar refractivity (Wildman–Crippen MR) is 87.2 cm³/mol. The fourth-order valence-corrected chi connectivity index (χ4v) is 2.45. The van der Waals surface area contributed by atoms with E-state index in [0.29, 0.717) is 6.61 Å². The third kappa shape index (κ3) is 3.64. The number of nitrogens with zero attached hydrogens (tertiary/aromatic N) is 2. The highest BCUT2D eigenvalue weighted by Crippen LogP contribution is 2.31. The standard InChI is InChI=1S/C17H25N3O/c1-13(12-21-5)20-11-10-18-16(20)19-15-9-7-6-8-14(15)17(2,3)4/h6-11,13H,12H2,1-5H3,(H,18,19). The maximum atomic E-state index is 5.23. The summed E-state index contributed by atoms with van der Waals surface area (Å²) in [6.07, 6.45) is 3.79. The van der Waals surface area contributed by atoms with Gasteiger partial charge in [0.2, 0.25) is 5.95 Å².